The minimum Gasteiger partial charge on any atom is -0.352 e. The molecule has 160 valence electrons. The molecule has 0 unspecified atom stereocenters. The number of amides is 1. The van der Waals surface area contributed by atoms with E-state index in [1.54, 1.807) is 12.4 Å². The SMILES string of the molecule is Cc1ccnc(Nc2ccc(N3CCN(C(=O)c4cnc5ccccc5n4)CC3)nn2)c1. The summed E-state index contributed by atoms with van der Waals surface area (Å²) in [6, 6.07) is 15.2. The first-order valence-electron chi connectivity index (χ1n) is 10.5. The van der Waals surface area contributed by atoms with Crippen LogP contribution in [0.3, 0.4) is 0 Å². The first kappa shape index (κ1) is 19.8. The first-order chi connectivity index (χ1) is 15.7. The molecule has 0 aliphatic carbocycles. The van der Waals surface area contributed by atoms with Gasteiger partial charge in [0.15, 0.2) is 11.6 Å². The average Bonchev–Trinajstić information content (AvgIpc) is 2.84. The maximum Gasteiger partial charge on any atom is 0.274 e. The van der Waals surface area contributed by atoms with Crippen LogP contribution in [0, 0.1) is 6.92 Å². The van der Waals surface area contributed by atoms with Gasteiger partial charge in [-0.05, 0) is 48.9 Å². The van der Waals surface area contributed by atoms with Crippen molar-refractivity contribution in [1.82, 2.24) is 30.0 Å². The van der Waals surface area contributed by atoms with Crippen LogP contribution >= 0.6 is 0 Å². The van der Waals surface area contributed by atoms with Crippen LogP contribution in [-0.2, 0) is 0 Å². The summed E-state index contributed by atoms with van der Waals surface area (Å²) in [7, 11) is 0. The van der Waals surface area contributed by atoms with Crippen molar-refractivity contribution >= 4 is 34.4 Å². The van der Waals surface area contributed by atoms with Gasteiger partial charge in [-0.2, -0.15) is 0 Å². The maximum absolute atomic E-state index is 12.9. The van der Waals surface area contributed by atoms with E-state index in [0.29, 0.717) is 37.7 Å². The van der Waals surface area contributed by atoms with Crippen molar-refractivity contribution in [1.29, 1.82) is 0 Å². The number of hydrogen-bond acceptors (Lipinski definition) is 8. The van der Waals surface area contributed by atoms with E-state index in [2.05, 4.69) is 35.4 Å². The third kappa shape index (κ3) is 4.18. The minimum absolute atomic E-state index is 0.0980. The number of fused-ring (bicyclic) bond motifs is 1. The van der Waals surface area contributed by atoms with Crippen molar-refractivity contribution in [2.45, 2.75) is 6.92 Å². The lowest BCUT2D eigenvalue weighted by Gasteiger charge is -2.35. The summed E-state index contributed by atoms with van der Waals surface area (Å²) in [5, 5.41) is 11.8. The molecule has 1 aromatic carbocycles. The van der Waals surface area contributed by atoms with E-state index in [0.717, 1.165) is 28.2 Å². The molecule has 1 aliphatic rings. The molecule has 0 atom stereocenters. The van der Waals surface area contributed by atoms with Crippen LogP contribution in [0.15, 0.2) is 60.9 Å². The monoisotopic (exact) mass is 426 g/mol. The van der Waals surface area contributed by atoms with Gasteiger partial charge in [0, 0.05) is 32.4 Å². The van der Waals surface area contributed by atoms with Gasteiger partial charge >= 0.3 is 0 Å². The Hall–Kier alpha value is -4.14. The highest BCUT2D eigenvalue weighted by atomic mass is 16.2. The number of carbonyl (C=O) groups excluding carboxylic acids is 1. The molecule has 4 aromatic rings. The third-order valence-corrected chi connectivity index (χ3v) is 5.38. The lowest BCUT2D eigenvalue weighted by atomic mass is 10.2. The van der Waals surface area contributed by atoms with E-state index >= 15 is 0 Å². The summed E-state index contributed by atoms with van der Waals surface area (Å²) in [4.78, 5) is 29.9. The Kier molecular flexibility index (Phi) is 5.29. The molecule has 3 aromatic heterocycles. The lowest BCUT2D eigenvalue weighted by molar-refractivity contribution is 0.0740. The molecule has 5 rings (SSSR count). The largest absolute Gasteiger partial charge is 0.352 e. The molecule has 0 radical (unpaired) electrons. The first-order valence-corrected chi connectivity index (χ1v) is 10.5. The van der Waals surface area contributed by atoms with E-state index in [1.165, 1.54) is 0 Å². The van der Waals surface area contributed by atoms with Gasteiger partial charge in [0.05, 0.1) is 17.2 Å². The number of pyridine rings is 1. The Labute approximate surface area is 185 Å². The summed E-state index contributed by atoms with van der Waals surface area (Å²) >= 11 is 0. The minimum atomic E-state index is -0.0980. The van der Waals surface area contributed by atoms with Crippen LogP contribution in [0.2, 0.25) is 0 Å². The molecule has 0 spiro atoms. The van der Waals surface area contributed by atoms with Gasteiger partial charge in [0.1, 0.15) is 11.5 Å². The second kappa shape index (κ2) is 8.54. The van der Waals surface area contributed by atoms with Crippen molar-refractivity contribution in [3.8, 4) is 0 Å². The molecule has 1 N–H and O–H groups in total. The van der Waals surface area contributed by atoms with Gasteiger partial charge in [-0.3, -0.25) is 9.78 Å². The number of aryl methyl sites for hydroxylation is 1. The van der Waals surface area contributed by atoms with Gasteiger partial charge in [-0.15, -0.1) is 10.2 Å². The number of rotatable bonds is 4. The quantitative estimate of drug-likeness (QED) is 0.532. The smallest absolute Gasteiger partial charge is 0.274 e. The fourth-order valence-corrected chi connectivity index (χ4v) is 3.66. The Morgan fingerprint density at radius 2 is 1.72 bits per heavy atom. The van der Waals surface area contributed by atoms with Crippen molar-refractivity contribution in [2.24, 2.45) is 0 Å². The summed E-state index contributed by atoms with van der Waals surface area (Å²) < 4.78 is 0. The molecule has 9 nitrogen and oxygen atoms in total. The van der Waals surface area contributed by atoms with Gasteiger partial charge in [0.25, 0.3) is 5.91 Å². The molecule has 0 saturated carbocycles. The highest BCUT2D eigenvalue weighted by molar-refractivity contribution is 5.94. The molecule has 1 fully saturated rings. The fourth-order valence-electron chi connectivity index (χ4n) is 3.66. The number of nitrogens with zero attached hydrogens (tertiary/aromatic N) is 7. The summed E-state index contributed by atoms with van der Waals surface area (Å²) in [6.45, 7) is 4.53. The standard InChI is InChI=1S/C23H22N8O/c1-16-8-9-24-21(14-16)27-20-6-7-22(29-28-20)30-10-12-31(13-11-30)23(32)19-15-25-17-4-2-3-5-18(17)26-19/h2-9,14-15H,10-13H2,1H3,(H,24,27,28). The summed E-state index contributed by atoms with van der Waals surface area (Å²) in [6.07, 6.45) is 3.31. The molecule has 4 heterocycles. The van der Waals surface area contributed by atoms with Crippen LogP contribution in [-0.4, -0.2) is 62.1 Å². The Bertz CT molecular complexity index is 1250. The number of anilines is 3. The molecule has 1 saturated heterocycles. The zero-order valence-corrected chi connectivity index (χ0v) is 17.6. The van der Waals surface area contributed by atoms with Crippen molar-refractivity contribution in [3.63, 3.8) is 0 Å². The van der Waals surface area contributed by atoms with Crippen LogP contribution in [0.5, 0.6) is 0 Å². The van der Waals surface area contributed by atoms with E-state index in [-0.39, 0.29) is 5.91 Å². The number of para-hydroxylation sites is 2. The van der Waals surface area contributed by atoms with Crippen LogP contribution in [0.4, 0.5) is 17.5 Å². The number of piperazine rings is 1. The Morgan fingerprint density at radius 1 is 0.906 bits per heavy atom. The van der Waals surface area contributed by atoms with Gasteiger partial charge in [-0.1, -0.05) is 12.1 Å². The molecular formula is C23H22N8O. The lowest BCUT2D eigenvalue weighted by Crippen LogP contribution is -2.49. The van der Waals surface area contributed by atoms with Crippen molar-refractivity contribution < 1.29 is 4.79 Å². The fraction of sp³-hybridized carbons (Fsp3) is 0.217. The molecule has 0 bridgehead atoms. The number of hydrogen-bond donors (Lipinski definition) is 1. The highest BCUT2D eigenvalue weighted by Crippen LogP contribution is 2.18. The van der Waals surface area contributed by atoms with E-state index < -0.39 is 0 Å². The van der Waals surface area contributed by atoms with Crippen molar-refractivity contribution in [2.75, 3.05) is 36.4 Å². The molecular weight excluding hydrogens is 404 g/mol. The summed E-state index contributed by atoms with van der Waals surface area (Å²) in [5.74, 6) is 2.05. The predicted molar refractivity (Wildman–Crippen MR) is 122 cm³/mol. The number of carbonyl (C=O) groups is 1. The molecule has 32 heavy (non-hydrogen) atoms. The number of nitrogens with one attached hydrogen (secondary N) is 1. The van der Waals surface area contributed by atoms with Gasteiger partial charge < -0.3 is 15.1 Å². The second-order valence-electron chi connectivity index (χ2n) is 7.64. The predicted octanol–water partition coefficient (Wildman–Crippen LogP) is 2.83. The van der Waals surface area contributed by atoms with Crippen LogP contribution < -0.4 is 10.2 Å². The van der Waals surface area contributed by atoms with Crippen LogP contribution in [0.25, 0.3) is 11.0 Å². The molecule has 1 amide bonds. The number of benzene rings is 1. The van der Waals surface area contributed by atoms with E-state index in [4.69, 9.17) is 0 Å². The Balaban J connectivity index is 1.20. The van der Waals surface area contributed by atoms with Crippen molar-refractivity contribution in [3.05, 3.63) is 72.2 Å². The zero-order valence-electron chi connectivity index (χ0n) is 17.6. The topological polar surface area (TPSA) is 100 Å². The van der Waals surface area contributed by atoms with E-state index in [1.807, 2.05) is 60.4 Å². The van der Waals surface area contributed by atoms with E-state index in [9.17, 15) is 4.79 Å². The zero-order chi connectivity index (χ0) is 21.9. The maximum atomic E-state index is 12.9. The molecule has 9 heteroatoms. The molecule has 1 aliphatic heterocycles. The third-order valence-electron chi connectivity index (χ3n) is 5.38. The summed E-state index contributed by atoms with van der Waals surface area (Å²) in [5.41, 5.74) is 3.00. The van der Waals surface area contributed by atoms with Gasteiger partial charge in [0.2, 0.25) is 0 Å². The Morgan fingerprint density at radius 3 is 2.47 bits per heavy atom. The number of aromatic nitrogens is 5. The average molecular weight is 426 g/mol. The van der Waals surface area contributed by atoms with Crippen LogP contribution in [0.1, 0.15) is 16.1 Å². The van der Waals surface area contributed by atoms with Gasteiger partial charge in [-0.25, -0.2) is 9.97 Å². The normalized spacial score (nSPS) is 13.9. The highest BCUT2D eigenvalue weighted by Gasteiger charge is 2.24. The second-order valence-corrected chi connectivity index (χ2v) is 7.64.